The zero-order valence-corrected chi connectivity index (χ0v) is 31.3. The van der Waals surface area contributed by atoms with Crippen LogP contribution in [-0.2, 0) is 0 Å². The van der Waals surface area contributed by atoms with Gasteiger partial charge in [0, 0.05) is 49.1 Å². The Balaban J connectivity index is 1.13. The van der Waals surface area contributed by atoms with Gasteiger partial charge in [0.15, 0.2) is 0 Å². The van der Waals surface area contributed by atoms with E-state index in [0.717, 1.165) is 61.2 Å². The van der Waals surface area contributed by atoms with E-state index in [0.29, 0.717) is 0 Å². The van der Waals surface area contributed by atoms with E-state index in [1.165, 1.54) is 54.4 Å². The Bertz CT molecular complexity index is 3580. The molecule has 0 N–H and O–H groups in total. The molecule has 4 aromatic heterocycles. The Morgan fingerprint density at radius 1 is 0.276 bits per heavy atom. The largest absolute Gasteiger partial charge is 0.456 e. The summed E-state index contributed by atoms with van der Waals surface area (Å²) in [5, 5.41) is 9.65. The molecule has 0 radical (unpaired) electrons. The van der Waals surface area contributed by atoms with Crippen LogP contribution in [0.25, 0.3) is 116 Å². The summed E-state index contributed by atoms with van der Waals surface area (Å²) in [5.41, 5.74) is 14.5. The average molecular weight is 740 g/mol. The van der Waals surface area contributed by atoms with Gasteiger partial charge in [-0.2, -0.15) is 0 Å². The highest BCUT2D eigenvalue weighted by Crippen LogP contribution is 2.42. The van der Waals surface area contributed by atoms with E-state index in [1.54, 1.807) is 0 Å². The lowest BCUT2D eigenvalue weighted by Gasteiger charge is -2.16. The molecule has 0 amide bonds. The molecule has 0 fully saturated rings. The minimum atomic E-state index is 0.885. The average Bonchev–Trinajstić information content (AvgIpc) is 4.02. The van der Waals surface area contributed by atoms with Crippen molar-refractivity contribution in [3.63, 3.8) is 0 Å². The van der Waals surface area contributed by atoms with Crippen LogP contribution in [0.3, 0.4) is 0 Å². The van der Waals surface area contributed by atoms with E-state index < -0.39 is 0 Å². The minimum Gasteiger partial charge on any atom is -0.456 e. The van der Waals surface area contributed by atoms with Crippen molar-refractivity contribution in [2.24, 2.45) is 0 Å². The van der Waals surface area contributed by atoms with Crippen molar-refractivity contribution < 1.29 is 4.42 Å². The van der Waals surface area contributed by atoms with E-state index in [4.69, 9.17) is 4.42 Å². The molecule has 0 aliphatic heterocycles. The fraction of sp³-hybridized carbons (Fsp3) is 0. The zero-order valence-electron chi connectivity index (χ0n) is 31.3. The smallest absolute Gasteiger partial charge is 0.137 e. The summed E-state index contributed by atoms with van der Waals surface area (Å²) in [6, 6.07) is 72.7. The SMILES string of the molecule is c1ccc2c(c1)oc1cccc(-n3c4ccccc4c4ccc(-c5cc(-n6c7ccccc7c7ccccc76)cc(-n6c7ccccc7c7ccccc76)c5)cc43)c12. The van der Waals surface area contributed by atoms with E-state index in [2.05, 4.69) is 208 Å². The molecule has 0 aliphatic rings. The fourth-order valence-corrected chi connectivity index (χ4v) is 9.77. The summed E-state index contributed by atoms with van der Waals surface area (Å²) in [5.74, 6) is 0. The summed E-state index contributed by atoms with van der Waals surface area (Å²) in [4.78, 5) is 0. The highest BCUT2D eigenvalue weighted by molar-refractivity contribution is 6.15. The van der Waals surface area contributed by atoms with Crippen LogP contribution in [0.4, 0.5) is 0 Å². The van der Waals surface area contributed by atoms with Gasteiger partial charge in [-0.15, -0.1) is 0 Å². The van der Waals surface area contributed by atoms with Gasteiger partial charge in [-0.1, -0.05) is 127 Å². The maximum Gasteiger partial charge on any atom is 0.137 e. The predicted octanol–water partition coefficient (Wildman–Crippen LogP) is 14.5. The number of hydrogen-bond acceptors (Lipinski definition) is 1. The molecule has 0 unspecified atom stereocenters. The molecule has 0 bridgehead atoms. The third-order valence-corrected chi connectivity index (χ3v) is 12.2. The van der Waals surface area contributed by atoms with Gasteiger partial charge in [0.05, 0.1) is 44.2 Å². The molecule has 0 atom stereocenters. The summed E-state index contributed by atoms with van der Waals surface area (Å²) >= 11 is 0. The molecule has 58 heavy (non-hydrogen) atoms. The van der Waals surface area contributed by atoms with Gasteiger partial charge in [0.1, 0.15) is 11.2 Å². The molecule has 0 spiro atoms. The first-order valence-electron chi connectivity index (χ1n) is 19.8. The topological polar surface area (TPSA) is 27.9 Å². The van der Waals surface area contributed by atoms with Crippen LogP contribution in [0.15, 0.2) is 205 Å². The monoisotopic (exact) mass is 739 g/mol. The van der Waals surface area contributed by atoms with Crippen molar-refractivity contribution in [2.75, 3.05) is 0 Å². The molecule has 0 aliphatic carbocycles. The zero-order chi connectivity index (χ0) is 37.9. The number of rotatable bonds is 4. The summed E-state index contributed by atoms with van der Waals surface area (Å²) in [7, 11) is 0. The van der Waals surface area contributed by atoms with Crippen LogP contribution in [0.1, 0.15) is 0 Å². The first kappa shape index (κ1) is 31.4. The number of fused-ring (bicyclic) bond motifs is 12. The Morgan fingerprint density at radius 3 is 1.24 bits per heavy atom. The summed E-state index contributed by atoms with van der Waals surface area (Å²) in [6.07, 6.45) is 0. The molecular weight excluding hydrogens is 707 g/mol. The van der Waals surface area contributed by atoms with Crippen LogP contribution in [0, 0.1) is 0 Å². The van der Waals surface area contributed by atoms with Crippen molar-refractivity contribution in [1.29, 1.82) is 0 Å². The molecule has 0 saturated heterocycles. The maximum absolute atomic E-state index is 6.41. The second kappa shape index (κ2) is 11.8. The second-order valence-electron chi connectivity index (χ2n) is 15.3. The number of aromatic nitrogens is 3. The van der Waals surface area contributed by atoms with Crippen LogP contribution in [0.2, 0.25) is 0 Å². The van der Waals surface area contributed by atoms with Crippen LogP contribution < -0.4 is 0 Å². The Morgan fingerprint density at radius 2 is 0.707 bits per heavy atom. The standard InChI is InChI=1S/C54H33N3O/c1-7-20-45-38(14-1)39-15-2-8-21-46(39)55(45)36-30-35(31-37(33-36)56-47-22-9-3-16-40(47)41-17-4-10-23-48(41)56)34-28-29-43-42-18-5-11-24-49(42)57(51(43)32-34)50-25-13-27-53-54(50)44-19-6-12-26-52(44)58-53/h1-33H. The number of hydrogen-bond donors (Lipinski definition) is 0. The van der Waals surface area contributed by atoms with Crippen LogP contribution in [0.5, 0.6) is 0 Å². The van der Waals surface area contributed by atoms with E-state index in [-0.39, 0.29) is 0 Å². The summed E-state index contributed by atoms with van der Waals surface area (Å²) in [6.45, 7) is 0. The summed E-state index contributed by atoms with van der Waals surface area (Å²) < 4.78 is 13.7. The van der Waals surface area contributed by atoms with Crippen LogP contribution >= 0.6 is 0 Å². The second-order valence-corrected chi connectivity index (χ2v) is 15.3. The molecule has 4 nitrogen and oxygen atoms in total. The third kappa shape index (κ3) is 4.34. The molecule has 4 heteroatoms. The van der Waals surface area contributed by atoms with Gasteiger partial charge in [-0.05, 0) is 83.9 Å². The lowest BCUT2D eigenvalue weighted by Crippen LogP contribution is -2.00. The highest BCUT2D eigenvalue weighted by atomic mass is 16.3. The molecular formula is C54H33N3O. The Labute approximate surface area is 332 Å². The molecule has 13 aromatic rings. The minimum absolute atomic E-state index is 0.885. The van der Waals surface area contributed by atoms with Crippen molar-refractivity contribution in [1.82, 2.24) is 13.7 Å². The van der Waals surface area contributed by atoms with Gasteiger partial charge in [-0.25, -0.2) is 0 Å². The van der Waals surface area contributed by atoms with E-state index in [1.807, 2.05) is 6.07 Å². The number of furan rings is 1. The van der Waals surface area contributed by atoms with Crippen LogP contribution in [-0.4, -0.2) is 13.7 Å². The quantitative estimate of drug-likeness (QED) is 0.177. The Hall–Kier alpha value is -7.82. The third-order valence-electron chi connectivity index (χ3n) is 12.2. The fourth-order valence-electron chi connectivity index (χ4n) is 9.77. The normalized spacial score (nSPS) is 12.1. The van der Waals surface area contributed by atoms with Crippen molar-refractivity contribution in [3.8, 4) is 28.2 Å². The number of para-hydroxylation sites is 6. The van der Waals surface area contributed by atoms with Gasteiger partial charge >= 0.3 is 0 Å². The van der Waals surface area contributed by atoms with Crippen molar-refractivity contribution >= 4 is 87.4 Å². The molecule has 9 aromatic carbocycles. The maximum atomic E-state index is 6.41. The number of benzene rings is 9. The van der Waals surface area contributed by atoms with Crippen molar-refractivity contribution in [2.45, 2.75) is 0 Å². The van der Waals surface area contributed by atoms with Gasteiger partial charge < -0.3 is 18.1 Å². The predicted molar refractivity (Wildman–Crippen MR) is 242 cm³/mol. The molecule has 270 valence electrons. The molecule has 4 heterocycles. The molecule has 13 rings (SSSR count). The van der Waals surface area contributed by atoms with Crippen molar-refractivity contribution in [3.05, 3.63) is 200 Å². The van der Waals surface area contributed by atoms with Gasteiger partial charge in [0.2, 0.25) is 0 Å². The highest BCUT2D eigenvalue weighted by Gasteiger charge is 2.20. The van der Waals surface area contributed by atoms with Gasteiger partial charge in [-0.3, -0.25) is 0 Å². The number of nitrogens with zero attached hydrogens (tertiary/aromatic N) is 3. The van der Waals surface area contributed by atoms with Gasteiger partial charge in [0.25, 0.3) is 0 Å². The first-order valence-corrected chi connectivity index (χ1v) is 19.8. The Kier molecular flexibility index (Phi) is 6.41. The van der Waals surface area contributed by atoms with E-state index in [9.17, 15) is 0 Å². The lowest BCUT2D eigenvalue weighted by atomic mass is 10.0. The molecule has 0 saturated carbocycles. The lowest BCUT2D eigenvalue weighted by molar-refractivity contribution is 0.669. The van der Waals surface area contributed by atoms with E-state index >= 15 is 0 Å². The first-order chi connectivity index (χ1) is 28.8.